The Balaban J connectivity index is 2.49. The highest BCUT2D eigenvalue weighted by atomic mass is 16.5. The minimum Gasteiger partial charge on any atom is -0.494 e. The van der Waals surface area contributed by atoms with E-state index in [4.69, 9.17) is 4.74 Å². The Morgan fingerprint density at radius 2 is 2.11 bits per heavy atom. The number of nitrogens with one attached hydrogen (secondary N) is 1. The van der Waals surface area contributed by atoms with Crippen molar-refractivity contribution in [1.82, 2.24) is 9.88 Å². The molecule has 98 valence electrons. The first-order chi connectivity index (χ1) is 8.69. The van der Waals surface area contributed by atoms with Gasteiger partial charge in [0.05, 0.1) is 6.61 Å². The van der Waals surface area contributed by atoms with Crippen molar-refractivity contribution in [2.75, 3.05) is 13.7 Å². The quantitative estimate of drug-likeness (QED) is 0.877. The molecule has 0 fully saturated rings. The van der Waals surface area contributed by atoms with E-state index in [0.717, 1.165) is 25.3 Å². The minimum atomic E-state index is 0.776. The zero-order valence-corrected chi connectivity index (χ0v) is 11.7. The second kappa shape index (κ2) is 5.44. The average molecular weight is 246 g/mol. The summed E-state index contributed by atoms with van der Waals surface area (Å²) in [4.78, 5) is 0. The van der Waals surface area contributed by atoms with Crippen LogP contribution in [-0.4, -0.2) is 18.2 Å². The van der Waals surface area contributed by atoms with Gasteiger partial charge in [-0.1, -0.05) is 6.92 Å². The Labute approximate surface area is 109 Å². The maximum Gasteiger partial charge on any atom is 0.120 e. The van der Waals surface area contributed by atoms with Crippen molar-refractivity contribution in [3.05, 3.63) is 29.5 Å². The van der Waals surface area contributed by atoms with Gasteiger partial charge in [0.2, 0.25) is 0 Å². The number of aromatic nitrogens is 1. The molecule has 0 unspecified atom stereocenters. The van der Waals surface area contributed by atoms with Gasteiger partial charge in [0, 0.05) is 30.2 Å². The van der Waals surface area contributed by atoms with Gasteiger partial charge in [-0.05, 0) is 44.2 Å². The summed E-state index contributed by atoms with van der Waals surface area (Å²) in [5.74, 6) is 0.965. The molecule has 18 heavy (non-hydrogen) atoms. The Hall–Kier alpha value is -1.48. The molecule has 1 aromatic carbocycles. The van der Waals surface area contributed by atoms with Crippen LogP contribution in [0.3, 0.4) is 0 Å². The third-order valence-electron chi connectivity index (χ3n) is 3.42. The van der Waals surface area contributed by atoms with Gasteiger partial charge in [0.15, 0.2) is 0 Å². The number of fused-ring (bicyclic) bond motifs is 1. The van der Waals surface area contributed by atoms with Gasteiger partial charge in [-0.2, -0.15) is 0 Å². The van der Waals surface area contributed by atoms with Crippen LogP contribution in [0.15, 0.2) is 18.2 Å². The summed E-state index contributed by atoms with van der Waals surface area (Å²) in [6, 6.07) is 6.36. The molecule has 2 rings (SSSR count). The average Bonchev–Trinajstić information content (AvgIpc) is 2.62. The van der Waals surface area contributed by atoms with Crippen LogP contribution in [-0.2, 0) is 13.6 Å². The zero-order chi connectivity index (χ0) is 13.1. The van der Waals surface area contributed by atoms with Crippen LogP contribution in [0, 0.1) is 6.92 Å². The van der Waals surface area contributed by atoms with Gasteiger partial charge < -0.3 is 14.6 Å². The van der Waals surface area contributed by atoms with Gasteiger partial charge in [0.1, 0.15) is 5.75 Å². The fraction of sp³-hybridized carbons (Fsp3) is 0.467. The zero-order valence-electron chi connectivity index (χ0n) is 11.7. The van der Waals surface area contributed by atoms with E-state index >= 15 is 0 Å². The summed E-state index contributed by atoms with van der Waals surface area (Å²) in [6.07, 6.45) is 1.04. The highest BCUT2D eigenvalue weighted by Crippen LogP contribution is 2.28. The molecule has 0 radical (unpaired) electrons. The highest BCUT2D eigenvalue weighted by molar-refractivity contribution is 5.86. The smallest absolute Gasteiger partial charge is 0.120 e. The van der Waals surface area contributed by atoms with Gasteiger partial charge in [0.25, 0.3) is 0 Å². The Morgan fingerprint density at radius 3 is 2.78 bits per heavy atom. The molecule has 1 aromatic heterocycles. The molecule has 3 heteroatoms. The predicted octanol–water partition coefficient (Wildman–Crippen LogP) is 2.99. The molecule has 0 atom stereocenters. The summed E-state index contributed by atoms with van der Waals surface area (Å²) in [7, 11) is 4.10. The Bertz CT molecular complexity index is 543. The van der Waals surface area contributed by atoms with Crippen molar-refractivity contribution in [2.24, 2.45) is 7.05 Å². The normalized spacial score (nSPS) is 11.1. The largest absolute Gasteiger partial charge is 0.494 e. The second-order valence-corrected chi connectivity index (χ2v) is 4.68. The summed E-state index contributed by atoms with van der Waals surface area (Å²) < 4.78 is 7.96. The van der Waals surface area contributed by atoms with Crippen LogP contribution >= 0.6 is 0 Å². The fourth-order valence-corrected chi connectivity index (χ4v) is 2.34. The van der Waals surface area contributed by atoms with E-state index < -0.39 is 0 Å². The van der Waals surface area contributed by atoms with E-state index in [0.29, 0.717) is 0 Å². The van der Waals surface area contributed by atoms with Gasteiger partial charge in [-0.3, -0.25) is 0 Å². The molecule has 2 aromatic rings. The third-order valence-corrected chi connectivity index (χ3v) is 3.42. The van der Waals surface area contributed by atoms with Crippen molar-refractivity contribution in [1.29, 1.82) is 0 Å². The van der Waals surface area contributed by atoms with Crippen molar-refractivity contribution in [3.63, 3.8) is 0 Å². The lowest BCUT2D eigenvalue weighted by molar-refractivity contribution is 0.318. The molecule has 0 saturated carbocycles. The van der Waals surface area contributed by atoms with Crippen LogP contribution in [0.1, 0.15) is 24.6 Å². The molecule has 0 aliphatic heterocycles. The fourth-order valence-electron chi connectivity index (χ4n) is 2.34. The van der Waals surface area contributed by atoms with Crippen LogP contribution in [0.2, 0.25) is 0 Å². The molecular formula is C15H22N2O. The second-order valence-electron chi connectivity index (χ2n) is 4.68. The van der Waals surface area contributed by atoms with E-state index in [2.05, 4.69) is 49.0 Å². The first-order valence-corrected chi connectivity index (χ1v) is 6.54. The van der Waals surface area contributed by atoms with Crippen LogP contribution < -0.4 is 10.1 Å². The minimum absolute atomic E-state index is 0.776. The number of hydrogen-bond acceptors (Lipinski definition) is 2. The van der Waals surface area contributed by atoms with Crippen LogP contribution in [0.4, 0.5) is 0 Å². The van der Waals surface area contributed by atoms with E-state index in [1.54, 1.807) is 0 Å². The summed E-state index contributed by atoms with van der Waals surface area (Å²) in [6.45, 7) is 5.95. The molecule has 0 spiro atoms. The van der Waals surface area contributed by atoms with E-state index in [9.17, 15) is 0 Å². The lowest BCUT2D eigenvalue weighted by Crippen LogP contribution is -2.06. The maximum absolute atomic E-state index is 5.72. The first-order valence-electron chi connectivity index (χ1n) is 6.54. The van der Waals surface area contributed by atoms with Crippen LogP contribution in [0.25, 0.3) is 10.9 Å². The lowest BCUT2D eigenvalue weighted by Gasteiger charge is -2.05. The van der Waals surface area contributed by atoms with E-state index in [1.165, 1.54) is 22.2 Å². The number of ether oxygens (including phenoxy) is 1. The molecule has 0 aliphatic rings. The van der Waals surface area contributed by atoms with Crippen molar-refractivity contribution in [3.8, 4) is 5.75 Å². The molecule has 0 bridgehead atoms. The molecule has 3 nitrogen and oxygen atoms in total. The van der Waals surface area contributed by atoms with Crippen molar-refractivity contribution >= 4 is 10.9 Å². The number of benzene rings is 1. The van der Waals surface area contributed by atoms with Crippen molar-refractivity contribution in [2.45, 2.75) is 26.8 Å². The van der Waals surface area contributed by atoms with Gasteiger partial charge in [-0.15, -0.1) is 0 Å². The van der Waals surface area contributed by atoms with Gasteiger partial charge in [-0.25, -0.2) is 0 Å². The molecule has 0 amide bonds. The highest BCUT2D eigenvalue weighted by Gasteiger charge is 2.11. The molecule has 0 saturated heterocycles. The van der Waals surface area contributed by atoms with Crippen molar-refractivity contribution < 1.29 is 4.74 Å². The molecule has 0 aliphatic carbocycles. The number of nitrogens with zero attached hydrogens (tertiary/aromatic N) is 1. The number of aryl methyl sites for hydroxylation is 1. The Morgan fingerprint density at radius 1 is 1.33 bits per heavy atom. The van der Waals surface area contributed by atoms with Gasteiger partial charge >= 0.3 is 0 Å². The molecule has 1 heterocycles. The standard InChI is InChI=1S/C15H22N2O/c1-5-8-18-12-6-7-15-13(9-12)14(10-16-3)11(2)17(15)4/h6-7,9,16H,5,8,10H2,1-4H3. The number of rotatable bonds is 5. The number of hydrogen-bond donors (Lipinski definition) is 1. The monoisotopic (exact) mass is 246 g/mol. The Kier molecular flexibility index (Phi) is 3.92. The summed E-state index contributed by atoms with van der Waals surface area (Å²) >= 11 is 0. The van der Waals surface area contributed by atoms with E-state index in [-0.39, 0.29) is 0 Å². The van der Waals surface area contributed by atoms with Crippen LogP contribution in [0.5, 0.6) is 5.75 Å². The lowest BCUT2D eigenvalue weighted by atomic mass is 10.1. The summed E-state index contributed by atoms with van der Waals surface area (Å²) in [5, 5.41) is 4.53. The SMILES string of the molecule is CCCOc1ccc2c(c1)c(CNC)c(C)n2C. The molecule has 1 N–H and O–H groups in total. The van der Waals surface area contributed by atoms with E-state index in [1.807, 2.05) is 7.05 Å². The molecular weight excluding hydrogens is 224 g/mol. The first kappa shape index (κ1) is 13.0. The topological polar surface area (TPSA) is 26.2 Å². The third kappa shape index (κ3) is 2.23. The predicted molar refractivity (Wildman–Crippen MR) is 76.2 cm³/mol. The maximum atomic E-state index is 5.72. The summed E-state index contributed by atoms with van der Waals surface area (Å²) in [5.41, 5.74) is 3.94.